The van der Waals surface area contributed by atoms with Gasteiger partial charge >= 0.3 is 0 Å². The smallest absolute Gasteiger partial charge is 0.225 e. The first-order chi connectivity index (χ1) is 12.1. The Morgan fingerprint density at radius 2 is 1.92 bits per heavy atom. The van der Waals surface area contributed by atoms with Crippen molar-refractivity contribution in [3.05, 3.63) is 57.2 Å². The van der Waals surface area contributed by atoms with Gasteiger partial charge in [0.15, 0.2) is 0 Å². The molecule has 0 aliphatic carbocycles. The lowest BCUT2D eigenvalue weighted by atomic mass is 10.0. The molecule has 0 bridgehead atoms. The molecular formula is C19H24ClN3OS. The molecule has 1 saturated heterocycles. The topological polar surface area (TPSA) is 35.6 Å². The van der Waals surface area contributed by atoms with Crippen LogP contribution in [0.25, 0.3) is 0 Å². The lowest BCUT2D eigenvalue weighted by molar-refractivity contribution is -0.120. The van der Waals surface area contributed by atoms with E-state index in [0.29, 0.717) is 13.0 Å². The van der Waals surface area contributed by atoms with E-state index in [-0.39, 0.29) is 11.9 Å². The summed E-state index contributed by atoms with van der Waals surface area (Å²) in [6, 6.07) is 12.1. The SMILES string of the molecule is CN1CCN(C(CNC(=O)Cc2cccs2)c2ccc(Cl)cc2)CC1. The first-order valence-corrected chi connectivity index (χ1v) is 9.85. The number of nitrogens with one attached hydrogen (secondary N) is 1. The Balaban J connectivity index is 1.65. The molecule has 1 unspecified atom stereocenters. The van der Waals surface area contributed by atoms with Crippen molar-refractivity contribution < 1.29 is 4.79 Å². The summed E-state index contributed by atoms with van der Waals surface area (Å²) in [7, 11) is 2.15. The molecule has 1 amide bonds. The number of piperazine rings is 1. The third kappa shape index (κ3) is 5.28. The van der Waals surface area contributed by atoms with Gasteiger partial charge in [0.2, 0.25) is 5.91 Å². The molecule has 1 aromatic carbocycles. The number of hydrogen-bond acceptors (Lipinski definition) is 4. The summed E-state index contributed by atoms with van der Waals surface area (Å²) >= 11 is 7.66. The third-order valence-electron chi connectivity index (χ3n) is 4.64. The van der Waals surface area contributed by atoms with Crippen molar-refractivity contribution in [3.8, 4) is 0 Å². The van der Waals surface area contributed by atoms with Crippen molar-refractivity contribution >= 4 is 28.8 Å². The van der Waals surface area contributed by atoms with Gasteiger partial charge in [-0.05, 0) is 36.2 Å². The van der Waals surface area contributed by atoms with Crippen LogP contribution in [0.4, 0.5) is 0 Å². The first-order valence-electron chi connectivity index (χ1n) is 8.59. The highest BCUT2D eigenvalue weighted by molar-refractivity contribution is 7.10. The average Bonchev–Trinajstić information content (AvgIpc) is 3.11. The number of benzene rings is 1. The van der Waals surface area contributed by atoms with Gasteiger partial charge in [-0.2, -0.15) is 0 Å². The number of nitrogens with zero attached hydrogens (tertiary/aromatic N) is 2. The predicted octanol–water partition coefficient (Wildman–Crippen LogP) is 3.05. The zero-order valence-electron chi connectivity index (χ0n) is 14.5. The van der Waals surface area contributed by atoms with E-state index in [9.17, 15) is 4.79 Å². The maximum atomic E-state index is 12.3. The minimum atomic E-state index is 0.0792. The largest absolute Gasteiger partial charge is 0.354 e. The number of rotatable bonds is 6. The molecule has 1 atom stereocenters. The average molecular weight is 378 g/mol. The van der Waals surface area contributed by atoms with Gasteiger partial charge < -0.3 is 10.2 Å². The summed E-state index contributed by atoms with van der Waals surface area (Å²) in [6.07, 6.45) is 0.452. The van der Waals surface area contributed by atoms with Crippen LogP contribution in [-0.4, -0.2) is 55.5 Å². The zero-order valence-corrected chi connectivity index (χ0v) is 16.0. The number of carbonyl (C=O) groups is 1. The monoisotopic (exact) mass is 377 g/mol. The second-order valence-electron chi connectivity index (χ2n) is 6.47. The maximum Gasteiger partial charge on any atom is 0.225 e. The fourth-order valence-electron chi connectivity index (χ4n) is 3.12. The summed E-state index contributed by atoms with van der Waals surface area (Å²) in [5.41, 5.74) is 1.20. The molecule has 0 spiro atoms. The highest BCUT2D eigenvalue weighted by Crippen LogP contribution is 2.23. The van der Waals surface area contributed by atoms with Gasteiger partial charge in [0.05, 0.1) is 12.5 Å². The second-order valence-corrected chi connectivity index (χ2v) is 7.94. The van der Waals surface area contributed by atoms with Crippen LogP contribution in [0.2, 0.25) is 5.02 Å². The molecule has 1 fully saturated rings. The highest BCUT2D eigenvalue weighted by atomic mass is 35.5. The van der Waals surface area contributed by atoms with E-state index < -0.39 is 0 Å². The number of likely N-dealkylation sites (N-methyl/N-ethyl adjacent to an activating group) is 1. The molecule has 3 rings (SSSR count). The molecule has 1 aliphatic heterocycles. The Kier molecular flexibility index (Phi) is 6.48. The van der Waals surface area contributed by atoms with Gasteiger partial charge in [-0.1, -0.05) is 29.8 Å². The minimum Gasteiger partial charge on any atom is -0.354 e. The van der Waals surface area contributed by atoms with Crippen LogP contribution < -0.4 is 5.32 Å². The fraction of sp³-hybridized carbons (Fsp3) is 0.421. The first kappa shape index (κ1) is 18.4. The van der Waals surface area contributed by atoms with E-state index in [1.54, 1.807) is 11.3 Å². The van der Waals surface area contributed by atoms with Gasteiger partial charge in [0.25, 0.3) is 0 Å². The number of carbonyl (C=O) groups excluding carboxylic acids is 1. The van der Waals surface area contributed by atoms with Crippen LogP contribution in [-0.2, 0) is 11.2 Å². The quantitative estimate of drug-likeness (QED) is 0.840. The summed E-state index contributed by atoms with van der Waals surface area (Å²) < 4.78 is 0. The van der Waals surface area contributed by atoms with E-state index in [0.717, 1.165) is 36.1 Å². The normalized spacial score (nSPS) is 17.4. The van der Waals surface area contributed by atoms with Crippen molar-refractivity contribution in [2.45, 2.75) is 12.5 Å². The molecule has 2 heterocycles. The standard InChI is InChI=1S/C19H24ClN3OS/c1-22-8-10-23(11-9-22)18(15-4-6-16(20)7-5-15)14-21-19(24)13-17-3-2-12-25-17/h2-7,12,18H,8-11,13-14H2,1H3,(H,21,24). The Labute approximate surface area is 158 Å². The van der Waals surface area contributed by atoms with Gasteiger partial charge in [-0.25, -0.2) is 0 Å². The van der Waals surface area contributed by atoms with Crippen LogP contribution in [0.15, 0.2) is 41.8 Å². The van der Waals surface area contributed by atoms with E-state index in [4.69, 9.17) is 11.6 Å². The Morgan fingerprint density at radius 1 is 1.20 bits per heavy atom. The number of amides is 1. The summed E-state index contributed by atoms with van der Waals surface area (Å²) in [6.45, 7) is 4.73. The molecule has 2 aromatic rings. The number of halogens is 1. The zero-order chi connectivity index (χ0) is 17.6. The third-order valence-corrected chi connectivity index (χ3v) is 5.77. The molecule has 1 aliphatic rings. The van der Waals surface area contributed by atoms with Crippen molar-refractivity contribution in [1.29, 1.82) is 0 Å². The van der Waals surface area contributed by atoms with Crippen molar-refractivity contribution in [3.63, 3.8) is 0 Å². The summed E-state index contributed by atoms with van der Waals surface area (Å²) in [4.78, 5) is 18.2. The van der Waals surface area contributed by atoms with Gasteiger partial charge in [0.1, 0.15) is 0 Å². The molecule has 4 nitrogen and oxygen atoms in total. The Bertz CT molecular complexity index is 666. The molecule has 0 saturated carbocycles. The lowest BCUT2D eigenvalue weighted by Gasteiger charge is -2.38. The summed E-state index contributed by atoms with van der Waals surface area (Å²) in [5.74, 6) is 0.0792. The van der Waals surface area contributed by atoms with Crippen LogP contribution in [0, 0.1) is 0 Å². The van der Waals surface area contributed by atoms with Crippen LogP contribution in [0.1, 0.15) is 16.5 Å². The molecule has 1 N–H and O–H groups in total. The number of hydrogen-bond donors (Lipinski definition) is 1. The number of thiophene rings is 1. The molecule has 1 aromatic heterocycles. The Hall–Kier alpha value is -1.40. The van der Waals surface area contributed by atoms with E-state index in [1.807, 2.05) is 29.6 Å². The molecule has 25 heavy (non-hydrogen) atoms. The van der Waals surface area contributed by atoms with Crippen molar-refractivity contribution in [2.24, 2.45) is 0 Å². The van der Waals surface area contributed by atoms with Crippen molar-refractivity contribution in [2.75, 3.05) is 39.8 Å². The minimum absolute atomic E-state index is 0.0792. The molecule has 6 heteroatoms. The summed E-state index contributed by atoms with van der Waals surface area (Å²) in [5, 5.41) is 5.86. The van der Waals surface area contributed by atoms with Crippen LogP contribution in [0.5, 0.6) is 0 Å². The Morgan fingerprint density at radius 3 is 2.56 bits per heavy atom. The predicted molar refractivity (Wildman–Crippen MR) is 104 cm³/mol. The van der Waals surface area contributed by atoms with E-state index in [1.165, 1.54) is 5.56 Å². The second kappa shape index (κ2) is 8.81. The van der Waals surface area contributed by atoms with Gasteiger partial charge in [-0.3, -0.25) is 9.69 Å². The van der Waals surface area contributed by atoms with Crippen molar-refractivity contribution in [1.82, 2.24) is 15.1 Å². The van der Waals surface area contributed by atoms with E-state index in [2.05, 4.69) is 34.3 Å². The maximum absolute atomic E-state index is 12.3. The molecule has 134 valence electrons. The van der Waals surface area contributed by atoms with Crippen LogP contribution >= 0.6 is 22.9 Å². The van der Waals surface area contributed by atoms with Gasteiger partial charge in [0, 0.05) is 42.6 Å². The fourth-order valence-corrected chi connectivity index (χ4v) is 3.95. The highest BCUT2D eigenvalue weighted by Gasteiger charge is 2.24. The van der Waals surface area contributed by atoms with Crippen LogP contribution in [0.3, 0.4) is 0 Å². The van der Waals surface area contributed by atoms with Gasteiger partial charge in [-0.15, -0.1) is 11.3 Å². The lowest BCUT2D eigenvalue weighted by Crippen LogP contribution is -2.48. The van der Waals surface area contributed by atoms with E-state index >= 15 is 0 Å². The molecule has 0 radical (unpaired) electrons. The molecular weight excluding hydrogens is 354 g/mol.